The van der Waals surface area contributed by atoms with Gasteiger partial charge in [0.1, 0.15) is 5.75 Å². The van der Waals surface area contributed by atoms with Gasteiger partial charge in [-0.15, -0.1) is 10.2 Å². The topological polar surface area (TPSA) is 65.2 Å². The van der Waals surface area contributed by atoms with Gasteiger partial charge < -0.3 is 9.15 Å². The third-order valence-electron chi connectivity index (χ3n) is 3.49. The average Bonchev–Trinajstić information content (AvgIpc) is 3.10. The van der Waals surface area contributed by atoms with Gasteiger partial charge in [0, 0.05) is 17.0 Å². The first kappa shape index (κ1) is 18.9. The summed E-state index contributed by atoms with van der Waals surface area (Å²) in [5.41, 5.74) is -0.668. The molecule has 0 atom stereocenters. The fraction of sp³-hybridized carbons (Fsp3) is 0.167. The summed E-state index contributed by atoms with van der Waals surface area (Å²) in [5, 5.41) is 8.00. The summed E-state index contributed by atoms with van der Waals surface area (Å²) in [6.07, 6.45) is -4.41. The molecule has 0 saturated carbocycles. The Morgan fingerprint density at radius 3 is 2.56 bits per heavy atom. The smallest absolute Gasteiger partial charge is 0.416 e. The van der Waals surface area contributed by atoms with Crippen LogP contribution in [0.2, 0.25) is 5.02 Å². The molecular formula is C18H12ClF3N2O3. The molecule has 0 aliphatic heterocycles. The van der Waals surface area contributed by atoms with Crippen LogP contribution < -0.4 is 4.74 Å². The van der Waals surface area contributed by atoms with Crippen molar-refractivity contribution >= 4 is 17.6 Å². The number of rotatable bonds is 5. The minimum absolute atomic E-state index is 0.0349. The number of benzene rings is 2. The number of ether oxygens (including phenoxy) is 1. The van der Waals surface area contributed by atoms with Gasteiger partial charge in [-0.1, -0.05) is 17.7 Å². The lowest BCUT2D eigenvalue weighted by molar-refractivity contribution is -0.137. The number of esters is 1. The van der Waals surface area contributed by atoms with Crippen LogP contribution in [-0.2, 0) is 17.4 Å². The number of carbonyl (C=O) groups is 1. The first-order valence-corrected chi connectivity index (χ1v) is 8.15. The molecule has 140 valence electrons. The van der Waals surface area contributed by atoms with Gasteiger partial charge in [-0.25, -0.2) is 0 Å². The van der Waals surface area contributed by atoms with Crippen molar-refractivity contribution < 1.29 is 27.1 Å². The van der Waals surface area contributed by atoms with Crippen molar-refractivity contribution in [3.63, 3.8) is 0 Å². The van der Waals surface area contributed by atoms with E-state index in [9.17, 15) is 18.0 Å². The maximum Gasteiger partial charge on any atom is 0.416 e. The van der Waals surface area contributed by atoms with E-state index >= 15 is 0 Å². The summed E-state index contributed by atoms with van der Waals surface area (Å²) in [7, 11) is 0. The predicted octanol–water partition coefficient (Wildman–Crippen LogP) is 4.95. The van der Waals surface area contributed by atoms with Gasteiger partial charge in [0.15, 0.2) is 0 Å². The molecule has 9 heteroatoms. The maximum absolute atomic E-state index is 12.8. The van der Waals surface area contributed by atoms with Crippen LogP contribution in [0.1, 0.15) is 17.9 Å². The van der Waals surface area contributed by atoms with E-state index in [1.807, 2.05) is 0 Å². The van der Waals surface area contributed by atoms with Crippen LogP contribution in [0, 0.1) is 0 Å². The molecule has 0 aliphatic carbocycles. The summed E-state index contributed by atoms with van der Waals surface area (Å²) in [6, 6.07) is 10.8. The number of alkyl halides is 3. The molecule has 3 rings (SSSR count). The van der Waals surface area contributed by atoms with E-state index in [0.717, 1.165) is 12.1 Å². The third-order valence-corrected chi connectivity index (χ3v) is 3.74. The molecule has 0 saturated heterocycles. The first-order chi connectivity index (χ1) is 12.8. The highest BCUT2D eigenvalue weighted by molar-refractivity contribution is 6.30. The largest absolute Gasteiger partial charge is 0.427 e. The Bertz CT molecular complexity index is 940. The molecule has 0 spiro atoms. The minimum atomic E-state index is -4.47. The van der Waals surface area contributed by atoms with E-state index in [1.165, 1.54) is 12.1 Å². The van der Waals surface area contributed by atoms with Crippen molar-refractivity contribution in [3.05, 3.63) is 65.0 Å². The fourth-order valence-electron chi connectivity index (χ4n) is 2.19. The molecule has 2 aromatic carbocycles. The maximum atomic E-state index is 12.8. The standard InChI is InChI=1S/C18H12ClF3N2O3/c19-13-4-6-14(7-5-13)26-16(25)9-8-15-23-24-17(27-15)11-2-1-3-12(10-11)18(20,21)22/h1-7,10H,8-9H2. The predicted molar refractivity (Wildman–Crippen MR) is 90.1 cm³/mol. The molecule has 0 N–H and O–H groups in total. The van der Waals surface area contributed by atoms with Crippen molar-refractivity contribution in [1.82, 2.24) is 10.2 Å². The minimum Gasteiger partial charge on any atom is -0.427 e. The lowest BCUT2D eigenvalue weighted by atomic mass is 10.1. The summed E-state index contributed by atoms with van der Waals surface area (Å²) in [5.74, 6) is -0.103. The molecule has 0 amide bonds. The van der Waals surface area contributed by atoms with Crippen molar-refractivity contribution in [2.75, 3.05) is 0 Å². The quantitative estimate of drug-likeness (QED) is 0.451. The Morgan fingerprint density at radius 2 is 1.85 bits per heavy atom. The number of hydrogen-bond acceptors (Lipinski definition) is 5. The zero-order chi connectivity index (χ0) is 19.4. The molecular weight excluding hydrogens is 385 g/mol. The van der Waals surface area contributed by atoms with Crippen LogP contribution >= 0.6 is 11.6 Å². The Morgan fingerprint density at radius 1 is 1.11 bits per heavy atom. The molecule has 0 radical (unpaired) electrons. The zero-order valence-corrected chi connectivity index (χ0v) is 14.4. The van der Waals surface area contributed by atoms with Crippen molar-refractivity contribution in [1.29, 1.82) is 0 Å². The van der Waals surface area contributed by atoms with Crippen molar-refractivity contribution in [2.45, 2.75) is 19.0 Å². The second-order valence-corrected chi connectivity index (χ2v) is 5.94. The van der Waals surface area contributed by atoms with E-state index in [-0.39, 0.29) is 30.2 Å². The van der Waals surface area contributed by atoms with Crippen LogP contribution in [0.25, 0.3) is 11.5 Å². The van der Waals surface area contributed by atoms with Crippen LogP contribution in [0.5, 0.6) is 5.75 Å². The SMILES string of the molecule is O=C(CCc1nnc(-c2cccc(C(F)(F)F)c2)o1)Oc1ccc(Cl)cc1. The van der Waals surface area contributed by atoms with E-state index in [4.69, 9.17) is 20.8 Å². The van der Waals surface area contributed by atoms with Crippen molar-refractivity contribution in [3.8, 4) is 17.2 Å². The van der Waals surface area contributed by atoms with Gasteiger partial charge in [-0.3, -0.25) is 4.79 Å². The highest BCUT2D eigenvalue weighted by Gasteiger charge is 2.30. The molecule has 0 aliphatic rings. The zero-order valence-electron chi connectivity index (χ0n) is 13.7. The Labute approximate surface area is 156 Å². The van der Waals surface area contributed by atoms with Crippen LogP contribution in [0.3, 0.4) is 0 Å². The number of carbonyl (C=O) groups excluding carboxylic acids is 1. The van der Waals surface area contributed by atoms with Gasteiger partial charge in [0.25, 0.3) is 0 Å². The van der Waals surface area contributed by atoms with Gasteiger partial charge >= 0.3 is 12.1 Å². The molecule has 0 bridgehead atoms. The molecule has 3 aromatic rings. The molecule has 5 nitrogen and oxygen atoms in total. The van der Waals surface area contributed by atoms with Gasteiger partial charge in [-0.2, -0.15) is 13.2 Å². The monoisotopic (exact) mass is 396 g/mol. The van der Waals surface area contributed by atoms with E-state index in [0.29, 0.717) is 10.8 Å². The summed E-state index contributed by atoms with van der Waals surface area (Å²) >= 11 is 5.75. The highest BCUT2D eigenvalue weighted by Crippen LogP contribution is 2.31. The van der Waals surface area contributed by atoms with Gasteiger partial charge in [0.05, 0.1) is 12.0 Å². The summed E-state index contributed by atoms with van der Waals surface area (Å²) in [6.45, 7) is 0. The normalized spacial score (nSPS) is 11.4. The Hall–Kier alpha value is -2.87. The molecule has 1 heterocycles. The molecule has 0 unspecified atom stereocenters. The Kier molecular flexibility index (Phi) is 5.46. The average molecular weight is 397 g/mol. The number of nitrogens with zero attached hydrogens (tertiary/aromatic N) is 2. The summed E-state index contributed by atoms with van der Waals surface area (Å²) in [4.78, 5) is 11.8. The van der Waals surface area contributed by atoms with Gasteiger partial charge in [0.2, 0.25) is 11.8 Å². The number of halogens is 4. The molecule has 1 aromatic heterocycles. The van der Waals surface area contributed by atoms with E-state index in [1.54, 1.807) is 24.3 Å². The number of aryl methyl sites for hydroxylation is 1. The lowest BCUT2D eigenvalue weighted by Crippen LogP contribution is -2.09. The second-order valence-electron chi connectivity index (χ2n) is 5.51. The first-order valence-electron chi connectivity index (χ1n) is 7.77. The highest BCUT2D eigenvalue weighted by atomic mass is 35.5. The second kappa shape index (κ2) is 7.79. The van der Waals surface area contributed by atoms with Gasteiger partial charge in [-0.05, 0) is 42.5 Å². The van der Waals surface area contributed by atoms with Crippen molar-refractivity contribution in [2.24, 2.45) is 0 Å². The lowest BCUT2D eigenvalue weighted by Gasteiger charge is -2.06. The molecule has 0 fully saturated rings. The van der Waals surface area contributed by atoms with E-state index in [2.05, 4.69) is 10.2 Å². The third kappa shape index (κ3) is 5.07. The summed E-state index contributed by atoms with van der Waals surface area (Å²) < 4.78 is 48.8. The van der Waals surface area contributed by atoms with Crippen LogP contribution in [0.15, 0.2) is 52.9 Å². The Balaban J connectivity index is 1.61. The number of aromatic nitrogens is 2. The van der Waals surface area contributed by atoms with Crippen LogP contribution in [0.4, 0.5) is 13.2 Å². The van der Waals surface area contributed by atoms with E-state index < -0.39 is 17.7 Å². The molecule has 27 heavy (non-hydrogen) atoms. The van der Waals surface area contributed by atoms with Crippen LogP contribution in [-0.4, -0.2) is 16.2 Å². The number of hydrogen-bond donors (Lipinski definition) is 0. The fourth-order valence-corrected chi connectivity index (χ4v) is 2.32.